The van der Waals surface area contributed by atoms with Crippen LogP contribution in [0, 0.1) is 6.92 Å². The number of ether oxygens (including phenoxy) is 2. The number of hydrogen-bond acceptors (Lipinski definition) is 7. The Morgan fingerprint density at radius 1 is 1.04 bits per heavy atom. The molecule has 1 amide bonds. The molecule has 2 rings (SSSR count). The van der Waals surface area contributed by atoms with E-state index in [-0.39, 0.29) is 33.6 Å². The minimum absolute atomic E-state index is 0.185. The molecule has 0 aliphatic heterocycles. The van der Waals surface area contributed by atoms with Gasteiger partial charge < -0.3 is 14.8 Å². The second-order valence-electron chi connectivity index (χ2n) is 6.10. The van der Waals surface area contributed by atoms with Gasteiger partial charge in [-0.3, -0.25) is 4.79 Å². The van der Waals surface area contributed by atoms with Gasteiger partial charge in [-0.1, -0.05) is 6.07 Å². The highest BCUT2D eigenvalue weighted by atomic mass is 32.1. The Morgan fingerprint density at radius 2 is 1.65 bits per heavy atom. The molecular formula is C18H21NO5S2. The molecule has 0 saturated carbocycles. The molecule has 0 atom stereocenters. The molecule has 8 heteroatoms. The zero-order chi connectivity index (χ0) is 19.4. The Balaban J connectivity index is 2.41. The summed E-state index contributed by atoms with van der Waals surface area (Å²) in [7, 11) is 0. The Hall–Kier alpha value is -2.19. The second-order valence-corrected chi connectivity index (χ2v) is 8.07. The van der Waals surface area contributed by atoms with Crippen LogP contribution in [0.15, 0.2) is 17.5 Å². The fraction of sp³-hybridized carbons (Fsp3) is 0.389. The molecule has 2 heterocycles. The van der Waals surface area contributed by atoms with E-state index < -0.39 is 11.9 Å². The van der Waals surface area contributed by atoms with Crippen LogP contribution in [0.25, 0.3) is 0 Å². The summed E-state index contributed by atoms with van der Waals surface area (Å²) in [6, 6.07) is 3.44. The van der Waals surface area contributed by atoms with Crippen LogP contribution in [0.2, 0.25) is 0 Å². The number of esters is 2. The maximum atomic E-state index is 12.5. The van der Waals surface area contributed by atoms with E-state index >= 15 is 0 Å². The molecule has 0 fully saturated rings. The van der Waals surface area contributed by atoms with Crippen LogP contribution in [0.1, 0.15) is 63.0 Å². The summed E-state index contributed by atoms with van der Waals surface area (Å²) >= 11 is 2.30. The second kappa shape index (κ2) is 8.46. The highest BCUT2D eigenvalue weighted by Crippen LogP contribution is 2.35. The lowest BCUT2D eigenvalue weighted by Gasteiger charge is -2.10. The zero-order valence-corrected chi connectivity index (χ0v) is 16.9. The molecule has 0 bridgehead atoms. The van der Waals surface area contributed by atoms with E-state index in [1.807, 2.05) is 0 Å². The molecule has 0 aromatic carbocycles. The quantitative estimate of drug-likeness (QED) is 0.728. The van der Waals surface area contributed by atoms with Crippen LogP contribution >= 0.6 is 22.7 Å². The standard InChI is InChI=1S/C18H21NO5S2/c1-9(2)23-17(21)13-11(5)14(18(22)24-10(3)4)26-16(13)19-15(20)12-7-6-8-25-12/h6-10H,1-5H3,(H,19,20). The third-order valence-corrected chi connectivity index (χ3v) is 5.25. The number of anilines is 1. The van der Waals surface area contributed by atoms with Crippen LogP contribution in [0.5, 0.6) is 0 Å². The summed E-state index contributed by atoms with van der Waals surface area (Å²) in [6.07, 6.45) is -0.618. The maximum absolute atomic E-state index is 12.5. The number of thiophene rings is 2. The van der Waals surface area contributed by atoms with Gasteiger partial charge in [-0.2, -0.15) is 0 Å². The molecule has 1 N–H and O–H groups in total. The molecular weight excluding hydrogens is 374 g/mol. The molecule has 0 aliphatic rings. The van der Waals surface area contributed by atoms with E-state index in [9.17, 15) is 14.4 Å². The number of carbonyl (C=O) groups is 3. The molecule has 2 aromatic heterocycles. The fourth-order valence-electron chi connectivity index (χ4n) is 2.16. The van der Waals surface area contributed by atoms with Gasteiger partial charge in [-0.05, 0) is 51.6 Å². The predicted octanol–water partition coefficient (Wildman–Crippen LogP) is 4.50. The first-order valence-electron chi connectivity index (χ1n) is 8.10. The van der Waals surface area contributed by atoms with Gasteiger partial charge in [0.2, 0.25) is 0 Å². The molecule has 0 unspecified atom stereocenters. The van der Waals surface area contributed by atoms with Gasteiger partial charge in [0.15, 0.2) is 0 Å². The number of rotatable bonds is 6. The number of hydrogen-bond donors (Lipinski definition) is 1. The molecule has 0 aliphatic carbocycles. The van der Waals surface area contributed by atoms with Crippen molar-refractivity contribution in [1.29, 1.82) is 0 Å². The molecule has 6 nitrogen and oxygen atoms in total. The molecule has 2 aromatic rings. The van der Waals surface area contributed by atoms with Crippen molar-refractivity contribution in [3.8, 4) is 0 Å². The van der Waals surface area contributed by atoms with E-state index in [2.05, 4.69) is 5.32 Å². The number of carbonyl (C=O) groups excluding carboxylic acids is 3. The number of nitrogens with one attached hydrogen (secondary N) is 1. The summed E-state index contributed by atoms with van der Waals surface area (Å²) in [5, 5.41) is 4.78. The van der Waals surface area contributed by atoms with Gasteiger partial charge >= 0.3 is 11.9 Å². The largest absolute Gasteiger partial charge is 0.459 e. The third kappa shape index (κ3) is 4.70. The summed E-state index contributed by atoms with van der Waals surface area (Å²) in [5.41, 5.74) is 0.622. The Bertz CT molecular complexity index is 806. The minimum Gasteiger partial charge on any atom is -0.459 e. The SMILES string of the molecule is Cc1c(C(=O)OC(C)C)sc(NC(=O)c2cccs2)c1C(=O)OC(C)C. The van der Waals surface area contributed by atoms with Crippen molar-refractivity contribution in [2.75, 3.05) is 5.32 Å². The predicted molar refractivity (Wildman–Crippen MR) is 102 cm³/mol. The van der Waals surface area contributed by atoms with Crippen LogP contribution in [-0.2, 0) is 9.47 Å². The van der Waals surface area contributed by atoms with Gasteiger partial charge in [0, 0.05) is 0 Å². The van der Waals surface area contributed by atoms with Crippen LogP contribution in [0.3, 0.4) is 0 Å². The minimum atomic E-state index is -0.584. The number of amides is 1. The van der Waals surface area contributed by atoms with E-state index in [1.165, 1.54) is 11.3 Å². The molecule has 0 spiro atoms. The average Bonchev–Trinajstić information content (AvgIpc) is 3.14. The Labute approximate surface area is 160 Å². The summed E-state index contributed by atoms with van der Waals surface area (Å²) < 4.78 is 10.5. The van der Waals surface area contributed by atoms with Crippen molar-refractivity contribution in [2.24, 2.45) is 0 Å². The normalized spacial score (nSPS) is 10.9. The smallest absolute Gasteiger partial charge is 0.348 e. The van der Waals surface area contributed by atoms with E-state index in [0.717, 1.165) is 11.3 Å². The van der Waals surface area contributed by atoms with Crippen molar-refractivity contribution in [3.63, 3.8) is 0 Å². The van der Waals surface area contributed by atoms with Gasteiger partial charge in [0.25, 0.3) is 5.91 Å². The first-order valence-corrected chi connectivity index (χ1v) is 9.80. The summed E-state index contributed by atoms with van der Waals surface area (Å²) in [6.45, 7) is 8.60. The lowest BCUT2D eigenvalue weighted by atomic mass is 10.1. The first kappa shape index (κ1) is 20.1. The van der Waals surface area contributed by atoms with Crippen molar-refractivity contribution in [3.05, 3.63) is 38.4 Å². The Kier molecular flexibility index (Phi) is 6.55. The topological polar surface area (TPSA) is 81.7 Å². The van der Waals surface area contributed by atoms with Gasteiger partial charge in [-0.25, -0.2) is 9.59 Å². The highest BCUT2D eigenvalue weighted by molar-refractivity contribution is 7.19. The third-order valence-electron chi connectivity index (χ3n) is 3.19. The lowest BCUT2D eigenvalue weighted by Crippen LogP contribution is -2.16. The molecule has 0 saturated heterocycles. The van der Waals surface area contributed by atoms with Crippen molar-refractivity contribution < 1.29 is 23.9 Å². The van der Waals surface area contributed by atoms with E-state index in [0.29, 0.717) is 10.4 Å². The van der Waals surface area contributed by atoms with Crippen LogP contribution in [0.4, 0.5) is 5.00 Å². The van der Waals surface area contributed by atoms with Gasteiger partial charge in [-0.15, -0.1) is 22.7 Å². The van der Waals surface area contributed by atoms with E-state index in [4.69, 9.17) is 9.47 Å². The average molecular weight is 396 g/mol. The highest BCUT2D eigenvalue weighted by Gasteiger charge is 2.28. The van der Waals surface area contributed by atoms with Crippen molar-refractivity contribution in [2.45, 2.75) is 46.8 Å². The maximum Gasteiger partial charge on any atom is 0.348 e. The van der Waals surface area contributed by atoms with Crippen molar-refractivity contribution >= 4 is 45.5 Å². The monoisotopic (exact) mass is 395 g/mol. The fourth-order valence-corrected chi connectivity index (χ4v) is 3.85. The van der Waals surface area contributed by atoms with Crippen LogP contribution in [-0.4, -0.2) is 30.1 Å². The molecule has 26 heavy (non-hydrogen) atoms. The van der Waals surface area contributed by atoms with Crippen LogP contribution < -0.4 is 5.32 Å². The van der Waals surface area contributed by atoms with Crippen molar-refractivity contribution in [1.82, 2.24) is 0 Å². The molecule has 0 radical (unpaired) electrons. The van der Waals surface area contributed by atoms with Gasteiger partial charge in [0.05, 0.1) is 22.6 Å². The first-order chi connectivity index (χ1) is 12.2. The molecule has 140 valence electrons. The summed E-state index contributed by atoms with van der Waals surface area (Å²) in [5.74, 6) is -1.46. The van der Waals surface area contributed by atoms with E-state index in [1.54, 1.807) is 52.1 Å². The Morgan fingerprint density at radius 3 is 2.19 bits per heavy atom. The van der Waals surface area contributed by atoms with Gasteiger partial charge in [0.1, 0.15) is 9.88 Å². The zero-order valence-electron chi connectivity index (χ0n) is 15.2. The summed E-state index contributed by atoms with van der Waals surface area (Å²) in [4.78, 5) is 38.0. The lowest BCUT2D eigenvalue weighted by molar-refractivity contribution is 0.0378.